The smallest absolute Gasteiger partial charge is 0.253 e. The molecule has 7 heteroatoms. The Hall–Kier alpha value is -2.51. The summed E-state index contributed by atoms with van der Waals surface area (Å²) in [4.78, 5) is 23.5. The lowest BCUT2D eigenvalue weighted by molar-refractivity contribution is -0.0388. The van der Waals surface area contributed by atoms with E-state index in [9.17, 15) is 4.79 Å². The molecule has 2 aromatic heterocycles. The van der Waals surface area contributed by atoms with Gasteiger partial charge in [0.2, 0.25) is 0 Å². The van der Waals surface area contributed by atoms with E-state index >= 15 is 0 Å². The molecule has 0 saturated carbocycles. The summed E-state index contributed by atoms with van der Waals surface area (Å²) >= 11 is 1.61. The Bertz CT molecular complexity index is 983. The zero-order chi connectivity index (χ0) is 19.0. The summed E-state index contributed by atoms with van der Waals surface area (Å²) in [5, 5.41) is 7.38. The number of pyridine rings is 1. The van der Waals surface area contributed by atoms with Crippen molar-refractivity contribution in [2.75, 3.05) is 25.0 Å². The molecule has 1 amide bonds. The Kier molecular flexibility index (Phi) is 4.49. The third-order valence-corrected chi connectivity index (χ3v) is 6.49. The number of nitrogens with zero attached hydrogens (tertiary/aromatic N) is 3. The number of hydrogen-bond donors (Lipinski definition) is 1. The first-order chi connectivity index (χ1) is 13.7. The first-order valence-electron chi connectivity index (χ1n) is 9.65. The van der Waals surface area contributed by atoms with Crippen molar-refractivity contribution in [3.8, 4) is 0 Å². The first-order valence-corrected chi connectivity index (χ1v) is 10.5. The molecule has 4 heterocycles. The number of amides is 1. The number of thiazole rings is 1. The number of fused-ring (bicyclic) bond motifs is 1. The predicted molar refractivity (Wildman–Crippen MR) is 110 cm³/mol. The fourth-order valence-corrected chi connectivity index (χ4v) is 4.87. The van der Waals surface area contributed by atoms with Crippen molar-refractivity contribution in [2.24, 2.45) is 0 Å². The van der Waals surface area contributed by atoms with E-state index in [0.29, 0.717) is 12.6 Å². The molecule has 1 spiro atoms. The lowest BCUT2D eigenvalue weighted by Crippen LogP contribution is -2.46. The largest absolute Gasteiger partial charge is 0.373 e. The summed E-state index contributed by atoms with van der Waals surface area (Å²) in [6, 6.07) is 9.92. The number of nitrogens with one attached hydrogen (secondary N) is 1. The fourth-order valence-electron chi connectivity index (χ4n) is 4.26. The molecule has 1 aromatic carbocycles. The molecular formula is C21H22N4O2S. The van der Waals surface area contributed by atoms with Crippen LogP contribution < -0.4 is 5.32 Å². The van der Waals surface area contributed by atoms with Gasteiger partial charge < -0.3 is 15.0 Å². The average molecular weight is 394 g/mol. The second-order valence-corrected chi connectivity index (χ2v) is 8.47. The van der Waals surface area contributed by atoms with Gasteiger partial charge in [0, 0.05) is 41.8 Å². The normalized spacial score (nSPS) is 21.3. The highest BCUT2D eigenvalue weighted by Gasteiger charge is 2.43. The third kappa shape index (κ3) is 3.36. The molecule has 2 fully saturated rings. The van der Waals surface area contributed by atoms with E-state index in [1.165, 1.54) is 0 Å². The molecular weight excluding hydrogens is 372 g/mol. The van der Waals surface area contributed by atoms with Crippen molar-refractivity contribution in [3.05, 3.63) is 53.7 Å². The topological polar surface area (TPSA) is 67.4 Å². The van der Waals surface area contributed by atoms with Crippen LogP contribution >= 0.6 is 11.3 Å². The van der Waals surface area contributed by atoms with Crippen molar-refractivity contribution in [1.29, 1.82) is 0 Å². The SMILES string of the molecule is O=C(c1ccc2ncccc2c1)N1CCC2(CC1)C[C@H](Nc1nccs1)CO2. The molecule has 0 bridgehead atoms. The number of piperidine rings is 1. The molecule has 2 aliphatic heterocycles. The monoisotopic (exact) mass is 394 g/mol. The lowest BCUT2D eigenvalue weighted by Gasteiger charge is -2.38. The van der Waals surface area contributed by atoms with E-state index in [1.807, 2.05) is 46.8 Å². The number of hydrogen-bond acceptors (Lipinski definition) is 6. The fraction of sp³-hybridized carbons (Fsp3) is 0.381. The lowest BCUT2D eigenvalue weighted by atomic mass is 9.87. The maximum Gasteiger partial charge on any atom is 0.253 e. The molecule has 2 aliphatic rings. The van der Waals surface area contributed by atoms with Crippen LogP contribution in [0.4, 0.5) is 5.13 Å². The maximum atomic E-state index is 13.0. The Labute approximate surface area is 167 Å². The first kappa shape index (κ1) is 17.6. The summed E-state index contributed by atoms with van der Waals surface area (Å²) in [5.41, 5.74) is 1.53. The van der Waals surface area contributed by atoms with Gasteiger partial charge in [-0.3, -0.25) is 9.78 Å². The van der Waals surface area contributed by atoms with Crippen molar-refractivity contribution in [3.63, 3.8) is 0 Å². The zero-order valence-electron chi connectivity index (χ0n) is 15.5. The van der Waals surface area contributed by atoms with Crippen LogP contribution in [0.2, 0.25) is 0 Å². The summed E-state index contributed by atoms with van der Waals surface area (Å²) < 4.78 is 6.20. The van der Waals surface area contributed by atoms with E-state index in [-0.39, 0.29) is 11.5 Å². The quantitative estimate of drug-likeness (QED) is 0.736. The van der Waals surface area contributed by atoms with E-state index in [0.717, 1.165) is 53.9 Å². The van der Waals surface area contributed by atoms with Crippen LogP contribution in [0.5, 0.6) is 0 Å². The Morgan fingerprint density at radius 2 is 2.11 bits per heavy atom. The number of rotatable bonds is 3. The van der Waals surface area contributed by atoms with Gasteiger partial charge in [-0.2, -0.15) is 0 Å². The minimum Gasteiger partial charge on any atom is -0.373 e. The van der Waals surface area contributed by atoms with E-state index < -0.39 is 0 Å². The molecule has 28 heavy (non-hydrogen) atoms. The van der Waals surface area contributed by atoms with Crippen LogP contribution in [0.15, 0.2) is 48.1 Å². The van der Waals surface area contributed by atoms with E-state index in [2.05, 4.69) is 15.3 Å². The van der Waals surface area contributed by atoms with Gasteiger partial charge in [0.15, 0.2) is 5.13 Å². The number of carbonyl (C=O) groups excluding carboxylic acids is 1. The van der Waals surface area contributed by atoms with Gasteiger partial charge in [-0.15, -0.1) is 11.3 Å². The van der Waals surface area contributed by atoms with Crippen molar-refractivity contribution in [1.82, 2.24) is 14.9 Å². The third-order valence-electron chi connectivity index (χ3n) is 5.78. The standard InChI is InChI=1S/C21H22N4O2S/c26-19(16-3-4-18-15(12-16)2-1-7-22-18)25-9-5-21(6-10-25)13-17(14-27-21)24-20-23-8-11-28-20/h1-4,7-8,11-12,17H,5-6,9-10,13-14H2,(H,23,24)/t17-/m0/s1. The van der Waals surface area contributed by atoms with Gasteiger partial charge in [0.25, 0.3) is 5.91 Å². The predicted octanol–water partition coefficient (Wildman–Crippen LogP) is 3.57. The van der Waals surface area contributed by atoms with Crippen LogP contribution in [0.1, 0.15) is 29.6 Å². The molecule has 0 aliphatic carbocycles. The zero-order valence-corrected chi connectivity index (χ0v) is 16.3. The van der Waals surface area contributed by atoms with Crippen molar-refractivity contribution in [2.45, 2.75) is 30.9 Å². The summed E-state index contributed by atoms with van der Waals surface area (Å²) in [7, 11) is 0. The Balaban J connectivity index is 1.22. The molecule has 0 radical (unpaired) electrons. The van der Waals surface area contributed by atoms with Crippen LogP contribution in [-0.2, 0) is 4.74 Å². The second kappa shape index (κ2) is 7.14. The van der Waals surface area contributed by atoms with Crippen LogP contribution in [-0.4, -0.2) is 52.1 Å². The van der Waals surface area contributed by atoms with Crippen LogP contribution in [0.25, 0.3) is 10.9 Å². The number of ether oxygens (including phenoxy) is 1. The molecule has 5 rings (SSSR count). The average Bonchev–Trinajstić information content (AvgIpc) is 3.38. The maximum absolute atomic E-state index is 13.0. The van der Waals surface area contributed by atoms with Crippen LogP contribution in [0.3, 0.4) is 0 Å². The second-order valence-electron chi connectivity index (χ2n) is 7.58. The highest BCUT2D eigenvalue weighted by molar-refractivity contribution is 7.13. The van der Waals surface area contributed by atoms with Gasteiger partial charge in [0.1, 0.15) is 0 Å². The number of aromatic nitrogens is 2. The Morgan fingerprint density at radius 3 is 2.93 bits per heavy atom. The summed E-state index contributed by atoms with van der Waals surface area (Å²) in [6.45, 7) is 2.16. The van der Waals surface area contributed by atoms with Crippen molar-refractivity contribution < 1.29 is 9.53 Å². The van der Waals surface area contributed by atoms with Gasteiger partial charge >= 0.3 is 0 Å². The minimum atomic E-state index is -0.112. The molecule has 2 saturated heterocycles. The Morgan fingerprint density at radius 1 is 1.21 bits per heavy atom. The number of anilines is 1. The van der Waals surface area contributed by atoms with Gasteiger partial charge in [0.05, 0.1) is 23.8 Å². The van der Waals surface area contributed by atoms with Gasteiger partial charge in [-0.1, -0.05) is 6.07 Å². The number of benzene rings is 1. The number of likely N-dealkylation sites (tertiary alicyclic amines) is 1. The van der Waals surface area contributed by atoms with Crippen molar-refractivity contribution >= 4 is 33.3 Å². The molecule has 1 N–H and O–H groups in total. The van der Waals surface area contributed by atoms with Crippen LogP contribution in [0, 0.1) is 0 Å². The minimum absolute atomic E-state index is 0.0936. The van der Waals surface area contributed by atoms with E-state index in [4.69, 9.17) is 4.74 Å². The molecule has 6 nitrogen and oxygen atoms in total. The number of carbonyl (C=O) groups is 1. The van der Waals surface area contributed by atoms with Gasteiger partial charge in [-0.05, 0) is 43.5 Å². The highest BCUT2D eigenvalue weighted by atomic mass is 32.1. The van der Waals surface area contributed by atoms with E-state index in [1.54, 1.807) is 17.5 Å². The molecule has 1 atom stereocenters. The summed E-state index contributed by atoms with van der Waals surface area (Å²) in [6.07, 6.45) is 6.31. The van der Waals surface area contributed by atoms with Gasteiger partial charge in [-0.25, -0.2) is 4.98 Å². The highest BCUT2D eigenvalue weighted by Crippen LogP contribution is 2.37. The molecule has 0 unspecified atom stereocenters. The summed E-state index contributed by atoms with van der Waals surface area (Å²) in [5.74, 6) is 0.0936. The molecule has 144 valence electrons. The molecule has 3 aromatic rings.